The number of anilines is 1. The zero-order chi connectivity index (χ0) is 21.6. The molecule has 0 aliphatic rings. The topological polar surface area (TPSA) is 145 Å². The lowest BCUT2D eigenvalue weighted by Crippen LogP contribution is -2.40. The Bertz CT molecular complexity index is 1020. The van der Waals surface area contributed by atoms with Crippen molar-refractivity contribution in [1.29, 1.82) is 0 Å². The van der Waals surface area contributed by atoms with Gasteiger partial charge in [0.25, 0.3) is 11.8 Å². The van der Waals surface area contributed by atoms with E-state index in [0.29, 0.717) is 5.69 Å². The summed E-state index contributed by atoms with van der Waals surface area (Å²) in [6, 6.07) is 10.5. The van der Waals surface area contributed by atoms with Crippen molar-refractivity contribution in [2.45, 2.75) is 17.9 Å². The summed E-state index contributed by atoms with van der Waals surface area (Å²) in [5.41, 5.74) is 0.494. The fraction of sp³-hybridized carbons (Fsp3) is 0.167. The van der Waals surface area contributed by atoms with E-state index in [1.165, 1.54) is 37.3 Å². The van der Waals surface area contributed by atoms with Crippen LogP contribution in [0.5, 0.6) is 0 Å². The molecule has 4 N–H and O–H groups in total. The molecule has 154 valence electrons. The van der Waals surface area contributed by atoms with E-state index in [2.05, 4.69) is 10.6 Å². The molecule has 2 aromatic carbocycles. The number of nitrogens with two attached hydrogens (primary N) is 1. The van der Waals surface area contributed by atoms with Crippen molar-refractivity contribution in [1.82, 2.24) is 5.32 Å². The number of primary sulfonamides is 1. The Hall–Kier alpha value is -2.95. The number of esters is 1. The van der Waals surface area contributed by atoms with Gasteiger partial charge in [-0.3, -0.25) is 9.59 Å². The molecular formula is C18H18ClN3O6S. The number of ether oxygens (including phenoxy) is 1. The molecule has 29 heavy (non-hydrogen) atoms. The molecule has 9 nitrogen and oxygen atoms in total. The molecule has 0 saturated heterocycles. The molecule has 0 bridgehead atoms. The molecule has 1 atom stereocenters. The first kappa shape index (κ1) is 22.3. The second-order valence-corrected chi connectivity index (χ2v) is 7.87. The number of nitrogens with one attached hydrogen (secondary N) is 2. The largest absolute Gasteiger partial charge is 0.454 e. The van der Waals surface area contributed by atoms with Crippen molar-refractivity contribution in [3.8, 4) is 0 Å². The highest BCUT2D eigenvalue weighted by Gasteiger charge is 2.20. The maximum atomic E-state index is 12.1. The second kappa shape index (κ2) is 9.50. The zero-order valence-electron chi connectivity index (χ0n) is 15.2. The van der Waals surface area contributed by atoms with Gasteiger partial charge in [0.05, 0.1) is 15.5 Å². The Morgan fingerprint density at radius 1 is 1.10 bits per heavy atom. The molecule has 0 saturated carbocycles. The third kappa shape index (κ3) is 6.56. The average molecular weight is 440 g/mol. The van der Waals surface area contributed by atoms with Crippen LogP contribution in [-0.4, -0.2) is 38.9 Å². The lowest BCUT2D eigenvalue weighted by molar-refractivity contribution is -0.148. The van der Waals surface area contributed by atoms with E-state index in [4.69, 9.17) is 21.5 Å². The van der Waals surface area contributed by atoms with Crippen LogP contribution in [0.4, 0.5) is 5.69 Å². The van der Waals surface area contributed by atoms with Crippen LogP contribution in [0.15, 0.2) is 53.4 Å². The molecular weight excluding hydrogens is 422 g/mol. The summed E-state index contributed by atoms with van der Waals surface area (Å²) in [6.45, 7) is 0.809. The number of hydrogen-bond acceptors (Lipinski definition) is 6. The van der Waals surface area contributed by atoms with Crippen molar-refractivity contribution in [2.75, 3.05) is 11.9 Å². The summed E-state index contributed by atoms with van der Waals surface area (Å²) in [4.78, 5) is 35.9. The smallest absolute Gasteiger partial charge is 0.328 e. The van der Waals surface area contributed by atoms with Gasteiger partial charge < -0.3 is 15.4 Å². The van der Waals surface area contributed by atoms with Crippen LogP contribution >= 0.6 is 11.6 Å². The van der Waals surface area contributed by atoms with E-state index in [1.54, 1.807) is 18.2 Å². The predicted molar refractivity (Wildman–Crippen MR) is 106 cm³/mol. The van der Waals surface area contributed by atoms with Crippen molar-refractivity contribution in [3.05, 3.63) is 59.1 Å². The lowest BCUT2D eigenvalue weighted by Gasteiger charge is -2.14. The number of carbonyl (C=O) groups excluding carboxylic acids is 3. The molecule has 2 rings (SSSR count). The molecule has 0 aromatic heterocycles. The number of amides is 2. The van der Waals surface area contributed by atoms with Crippen LogP contribution in [0.3, 0.4) is 0 Å². The monoisotopic (exact) mass is 439 g/mol. The third-order valence-corrected chi connectivity index (χ3v) is 4.89. The summed E-state index contributed by atoms with van der Waals surface area (Å²) in [5, 5.41) is 10.1. The minimum Gasteiger partial charge on any atom is -0.454 e. The number of carbonyl (C=O) groups is 3. The lowest BCUT2D eigenvalue weighted by atomic mass is 10.2. The van der Waals surface area contributed by atoms with E-state index in [9.17, 15) is 22.8 Å². The molecule has 2 aromatic rings. The van der Waals surface area contributed by atoms with Crippen LogP contribution in [-0.2, 0) is 24.3 Å². The maximum Gasteiger partial charge on any atom is 0.328 e. The first-order chi connectivity index (χ1) is 13.6. The molecule has 11 heteroatoms. The van der Waals surface area contributed by atoms with Crippen LogP contribution < -0.4 is 15.8 Å². The van der Waals surface area contributed by atoms with Crippen LogP contribution in [0.1, 0.15) is 17.3 Å². The average Bonchev–Trinajstić information content (AvgIpc) is 2.66. The van der Waals surface area contributed by atoms with E-state index in [0.717, 1.165) is 0 Å². The maximum absolute atomic E-state index is 12.1. The normalized spacial score (nSPS) is 12.0. The number of sulfonamides is 1. The molecule has 0 aliphatic carbocycles. The second-order valence-electron chi connectivity index (χ2n) is 5.90. The Labute approximate surface area is 172 Å². The van der Waals surface area contributed by atoms with Gasteiger partial charge in [0.1, 0.15) is 6.04 Å². The third-order valence-electron chi connectivity index (χ3n) is 3.63. The van der Waals surface area contributed by atoms with Crippen LogP contribution in [0.25, 0.3) is 0 Å². The SMILES string of the molecule is CC(NC(=O)c1ccccc1Cl)C(=O)OCC(=O)Nc1ccc(S(N)(=O)=O)cc1. The van der Waals surface area contributed by atoms with E-state index < -0.39 is 40.5 Å². The van der Waals surface area contributed by atoms with Crippen molar-refractivity contribution in [3.63, 3.8) is 0 Å². The molecule has 2 amide bonds. The zero-order valence-corrected chi connectivity index (χ0v) is 16.8. The standard InChI is InChI=1S/C18H18ClN3O6S/c1-11(21-17(24)14-4-2-3-5-15(14)19)18(25)28-10-16(23)22-12-6-8-13(9-7-12)29(20,26)27/h2-9,11H,10H2,1H3,(H,21,24)(H,22,23)(H2,20,26,27). The highest BCUT2D eigenvalue weighted by atomic mass is 35.5. The molecule has 0 spiro atoms. The Kier molecular flexibility index (Phi) is 7.32. The van der Waals surface area contributed by atoms with E-state index >= 15 is 0 Å². The first-order valence-corrected chi connectivity index (χ1v) is 10.1. The van der Waals surface area contributed by atoms with Gasteiger partial charge in [0.2, 0.25) is 10.0 Å². The summed E-state index contributed by atoms with van der Waals surface area (Å²) in [5.74, 6) is -2.02. The van der Waals surface area contributed by atoms with E-state index in [1.807, 2.05) is 0 Å². The molecule has 0 radical (unpaired) electrons. The summed E-state index contributed by atoms with van der Waals surface area (Å²) >= 11 is 5.93. The summed E-state index contributed by atoms with van der Waals surface area (Å²) < 4.78 is 27.2. The van der Waals surface area contributed by atoms with Crippen molar-refractivity contribution >= 4 is 45.1 Å². The number of rotatable bonds is 7. The summed E-state index contributed by atoms with van der Waals surface area (Å²) in [6.07, 6.45) is 0. The van der Waals surface area contributed by atoms with Crippen LogP contribution in [0.2, 0.25) is 5.02 Å². The Morgan fingerprint density at radius 3 is 2.31 bits per heavy atom. The number of hydrogen-bond donors (Lipinski definition) is 3. The fourth-order valence-electron chi connectivity index (χ4n) is 2.17. The molecule has 0 aliphatic heterocycles. The van der Waals surface area contributed by atoms with E-state index in [-0.39, 0.29) is 15.5 Å². The highest BCUT2D eigenvalue weighted by Crippen LogP contribution is 2.15. The van der Waals surface area contributed by atoms with Gasteiger partial charge in [-0.25, -0.2) is 18.4 Å². The van der Waals surface area contributed by atoms with Crippen molar-refractivity contribution < 1.29 is 27.5 Å². The highest BCUT2D eigenvalue weighted by molar-refractivity contribution is 7.89. The van der Waals surface area contributed by atoms with Crippen LogP contribution in [0, 0.1) is 0 Å². The van der Waals surface area contributed by atoms with Gasteiger partial charge in [-0.15, -0.1) is 0 Å². The fourth-order valence-corrected chi connectivity index (χ4v) is 2.90. The molecule has 0 heterocycles. The molecule has 0 fully saturated rings. The minimum atomic E-state index is -3.84. The molecule has 1 unspecified atom stereocenters. The quantitative estimate of drug-likeness (QED) is 0.554. The predicted octanol–water partition coefficient (Wildman–Crippen LogP) is 1.29. The van der Waals surface area contributed by atoms with Crippen molar-refractivity contribution in [2.24, 2.45) is 5.14 Å². The number of benzene rings is 2. The van der Waals surface area contributed by atoms with Gasteiger partial charge in [-0.2, -0.15) is 0 Å². The summed E-state index contributed by atoms with van der Waals surface area (Å²) in [7, 11) is -3.84. The van der Waals surface area contributed by atoms with Gasteiger partial charge in [0.15, 0.2) is 6.61 Å². The van der Waals surface area contributed by atoms with Gasteiger partial charge >= 0.3 is 5.97 Å². The Balaban J connectivity index is 1.84. The first-order valence-electron chi connectivity index (χ1n) is 8.22. The Morgan fingerprint density at radius 2 is 1.72 bits per heavy atom. The minimum absolute atomic E-state index is 0.106. The van der Waals surface area contributed by atoms with Gasteiger partial charge in [-0.05, 0) is 43.3 Å². The number of halogens is 1. The van der Waals surface area contributed by atoms with Gasteiger partial charge in [-0.1, -0.05) is 23.7 Å². The van der Waals surface area contributed by atoms with Gasteiger partial charge in [0, 0.05) is 5.69 Å².